The lowest BCUT2D eigenvalue weighted by molar-refractivity contribution is 0.177. The topological polar surface area (TPSA) is 33.1 Å². The first-order valence-corrected chi connectivity index (χ1v) is 4.50. The van der Waals surface area contributed by atoms with Gasteiger partial charge in [0.05, 0.1) is 15.7 Å². The van der Waals surface area contributed by atoms with Crippen LogP contribution in [0, 0.1) is 0 Å². The molecule has 1 heterocycles. The molecule has 0 aliphatic heterocycles. The molecule has 0 radical (unpaired) electrons. The monoisotopic (exact) mass is 217 g/mol. The van der Waals surface area contributed by atoms with Crippen molar-refractivity contribution in [1.82, 2.24) is 4.98 Å². The predicted octanol–water partition coefficient (Wildman–Crippen LogP) is 3.00. The molecule has 0 aliphatic carbocycles. The van der Waals surface area contributed by atoms with E-state index in [1.54, 1.807) is 12.1 Å². The second-order valence-electron chi connectivity index (χ2n) is 2.56. The molecule has 1 aromatic rings. The fraction of sp³-hybridized carbons (Fsp3) is 0.222. The minimum Gasteiger partial charge on any atom is -0.386 e. The van der Waals surface area contributed by atoms with Gasteiger partial charge in [-0.25, -0.2) is 0 Å². The number of aliphatic hydroxyl groups excluding tert-OH is 1. The van der Waals surface area contributed by atoms with Crippen molar-refractivity contribution in [3.8, 4) is 0 Å². The van der Waals surface area contributed by atoms with Crippen LogP contribution in [-0.2, 0) is 0 Å². The average Bonchev–Trinajstić information content (AvgIpc) is 2.04. The molecule has 1 atom stereocenters. The van der Waals surface area contributed by atoms with Crippen molar-refractivity contribution in [3.05, 3.63) is 40.7 Å². The van der Waals surface area contributed by atoms with Gasteiger partial charge in [0.1, 0.15) is 6.10 Å². The summed E-state index contributed by atoms with van der Waals surface area (Å²) in [5.41, 5.74) is 0.436. The summed E-state index contributed by atoms with van der Waals surface area (Å²) in [7, 11) is 0. The second kappa shape index (κ2) is 4.61. The highest BCUT2D eigenvalue weighted by Crippen LogP contribution is 2.25. The molecule has 13 heavy (non-hydrogen) atoms. The zero-order valence-corrected chi connectivity index (χ0v) is 8.39. The zero-order valence-electron chi connectivity index (χ0n) is 6.87. The van der Waals surface area contributed by atoms with E-state index in [0.29, 0.717) is 22.2 Å². The SMILES string of the molecule is C=CCC(O)c1ncc(Cl)cc1Cl. The number of hydrogen-bond donors (Lipinski definition) is 1. The molecular formula is C9H9Cl2NO. The molecule has 0 aliphatic rings. The minimum absolute atomic E-state index is 0.377. The van der Waals surface area contributed by atoms with Crippen LogP contribution in [0.25, 0.3) is 0 Å². The van der Waals surface area contributed by atoms with Gasteiger partial charge in [-0.3, -0.25) is 4.98 Å². The van der Waals surface area contributed by atoms with Crippen LogP contribution in [0.1, 0.15) is 18.2 Å². The summed E-state index contributed by atoms with van der Waals surface area (Å²) in [4.78, 5) is 3.93. The zero-order chi connectivity index (χ0) is 9.84. The van der Waals surface area contributed by atoms with E-state index in [2.05, 4.69) is 11.6 Å². The summed E-state index contributed by atoms with van der Waals surface area (Å²) < 4.78 is 0. The van der Waals surface area contributed by atoms with E-state index in [-0.39, 0.29) is 0 Å². The lowest BCUT2D eigenvalue weighted by atomic mass is 10.1. The number of rotatable bonds is 3. The second-order valence-corrected chi connectivity index (χ2v) is 3.40. The molecule has 1 rings (SSSR count). The van der Waals surface area contributed by atoms with Gasteiger partial charge in [-0.05, 0) is 12.5 Å². The van der Waals surface area contributed by atoms with Crippen molar-refractivity contribution < 1.29 is 5.11 Å². The van der Waals surface area contributed by atoms with Crippen molar-refractivity contribution in [3.63, 3.8) is 0 Å². The molecular weight excluding hydrogens is 209 g/mol. The molecule has 1 unspecified atom stereocenters. The molecule has 0 bridgehead atoms. The van der Waals surface area contributed by atoms with E-state index in [1.165, 1.54) is 6.20 Å². The average molecular weight is 218 g/mol. The largest absolute Gasteiger partial charge is 0.386 e. The third kappa shape index (κ3) is 2.69. The molecule has 70 valence electrons. The van der Waals surface area contributed by atoms with Gasteiger partial charge in [0.25, 0.3) is 0 Å². The van der Waals surface area contributed by atoms with Crippen LogP contribution in [0.3, 0.4) is 0 Å². The normalized spacial score (nSPS) is 12.5. The van der Waals surface area contributed by atoms with Crippen LogP contribution in [0.15, 0.2) is 24.9 Å². The number of nitrogens with zero attached hydrogens (tertiary/aromatic N) is 1. The molecule has 0 aromatic carbocycles. The Balaban J connectivity index is 2.94. The molecule has 1 N–H and O–H groups in total. The lowest BCUT2D eigenvalue weighted by Crippen LogP contribution is -1.99. The molecule has 0 amide bonds. The van der Waals surface area contributed by atoms with Gasteiger partial charge in [0.15, 0.2) is 0 Å². The van der Waals surface area contributed by atoms with E-state index in [4.69, 9.17) is 23.2 Å². The third-order valence-electron chi connectivity index (χ3n) is 1.54. The molecule has 2 nitrogen and oxygen atoms in total. The highest BCUT2D eigenvalue weighted by molar-refractivity contribution is 6.34. The van der Waals surface area contributed by atoms with Crippen LogP contribution in [-0.4, -0.2) is 10.1 Å². The van der Waals surface area contributed by atoms with E-state index < -0.39 is 6.10 Å². The van der Waals surface area contributed by atoms with E-state index in [0.717, 1.165) is 0 Å². The summed E-state index contributed by atoms with van der Waals surface area (Å²) in [5, 5.41) is 10.4. The first kappa shape index (κ1) is 10.5. The number of aromatic nitrogens is 1. The van der Waals surface area contributed by atoms with Crippen LogP contribution < -0.4 is 0 Å². The van der Waals surface area contributed by atoms with Crippen molar-refractivity contribution >= 4 is 23.2 Å². The fourth-order valence-corrected chi connectivity index (χ4v) is 1.45. The van der Waals surface area contributed by atoms with Crippen molar-refractivity contribution in [2.45, 2.75) is 12.5 Å². The van der Waals surface area contributed by atoms with Crippen LogP contribution >= 0.6 is 23.2 Å². The Morgan fingerprint density at radius 3 is 2.85 bits per heavy atom. The van der Waals surface area contributed by atoms with Gasteiger partial charge >= 0.3 is 0 Å². The molecule has 0 saturated carbocycles. The minimum atomic E-state index is -0.706. The number of pyridine rings is 1. The molecule has 4 heteroatoms. The van der Waals surface area contributed by atoms with Gasteiger partial charge in [-0.15, -0.1) is 6.58 Å². The highest BCUT2D eigenvalue weighted by Gasteiger charge is 2.11. The maximum Gasteiger partial charge on any atom is 0.101 e. The van der Waals surface area contributed by atoms with Crippen LogP contribution in [0.2, 0.25) is 10.0 Å². The summed E-state index contributed by atoms with van der Waals surface area (Å²) in [6, 6.07) is 1.55. The number of hydrogen-bond acceptors (Lipinski definition) is 2. The van der Waals surface area contributed by atoms with Crippen molar-refractivity contribution in [1.29, 1.82) is 0 Å². The summed E-state index contributed by atoms with van der Waals surface area (Å²) in [6.45, 7) is 3.52. The molecule has 0 spiro atoms. The third-order valence-corrected chi connectivity index (χ3v) is 2.05. The van der Waals surface area contributed by atoms with Crippen LogP contribution in [0.4, 0.5) is 0 Å². The Morgan fingerprint density at radius 1 is 1.62 bits per heavy atom. The smallest absolute Gasteiger partial charge is 0.101 e. The quantitative estimate of drug-likeness (QED) is 0.791. The first-order chi connectivity index (χ1) is 6.15. The van der Waals surface area contributed by atoms with Crippen LogP contribution in [0.5, 0.6) is 0 Å². The lowest BCUT2D eigenvalue weighted by Gasteiger charge is -2.08. The Labute approximate surface area is 86.8 Å². The Morgan fingerprint density at radius 2 is 2.31 bits per heavy atom. The van der Waals surface area contributed by atoms with E-state index >= 15 is 0 Å². The Kier molecular flexibility index (Phi) is 3.72. The molecule has 0 fully saturated rings. The Bertz CT molecular complexity index is 314. The van der Waals surface area contributed by atoms with Gasteiger partial charge in [-0.2, -0.15) is 0 Å². The number of halogens is 2. The molecule has 0 saturated heterocycles. The maximum absolute atomic E-state index is 9.53. The predicted molar refractivity (Wildman–Crippen MR) is 54.0 cm³/mol. The van der Waals surface area contributed by atoms with E-state index in [9.17, 15) is 5.11 Å². The standard InChI is InChI=1S/C9H9Cl2NO/c1-2-3-8(13)9-7(11)4-6(10)5-12-9/h2,4-5,8,13H,1,3H2. The summed E-state index contributed by atoms with van der Waals surface area (Å²) >= 11 is 11.5. The van der Waals surface area contributed by atoms with Gasteiger partial charge in [-0.1, -0.05) is 29.3 Å². The summed E-state index contributed by atoms with van der Waals surface area (Å²) in [5.74, 6) is 0. The van der Waals surface area contributed by atoms with Gasteiger partial charge in [0.2, 0.25) is 0 Å². The van der Waals surface area contributed by atoms with Crippen molar-refractivity contribution in [2.75, 3.05) is 0 Å². The highest BCUT2D eigenvalue weighted by atomic mass is 35.5. The first-order valence-electron chi connectivity index (χ1n) is 3.75. The summed E-state index contributed by atoms with van der Waals surface area (Å²) in [6.07, 6.45) is 2.78. The van der Waals surface area contributed by atoms with Gasteiger partial charge < -0.3 is 5.11 Å². The fourth-order valence-electron chi connectivity index (χ4n) is 0.940. The number of aliphatic hydroxyl groups is 1. The maximum atomic E-state index is 9.53. The van der Waals surface area contributed by atoms with Crippen molar-refractivity contribution in [2.24, 2.45) is 0 Å². The Hall–Kier alpha value is -0.570. The van der Waals surface area contributed by atoms with Gasteiger partial charge in [0, 0.05) is 6.20 Å². The van der Waals surface area contributed by atoms with E-state index in [1.807, 2.05) is 0 Å². The molecule has 1 aromatic heterocycles.